The summed E-state index contributed by atoms with van der Waals surface area (Å²) in [6.07, 6.45) is 2.53. The zero-order chi connectivity index (χ0) is 8.43. The lowest BCUT2D eigenvalue weighted by atomic mass is 10.3. The molecule has 2 N–H and O–H groups in total. The Morgan fingerprint density at radius 3 is 2.91 bits per heavy atom. The van der Waals surface area contributed by atoms with Crippen molar-refractivity contribution in [3.05, 3.63) is 12.7 Å². The number of carbonyl (C=O) groups is 1. The monoisotopic (exact) mass is 154 g/mol. The Kier molecular flexibility index (Phi) is 2.29. The fourth-order valence-electron chi connectivity index (χ4n) is 1.26. The van der Waals surface area contributed by atoms with Crippen LogP contribution in [0.2, 0.25) is 0 Å². The van der Waals surface area contributed by atoms with Crippen LogP contribution < -0.4 is 5.73 Å². The van der Waals surface area contributed by atoms with Crippen LogP contribution in [0.15, 0.2) is 12.7 Å². The molecule has 1 aliphatic rings. The molecule has 0 radical (unpaired) electrons. The molecule has 3 heteroatoms. The highest BCUT2D eigenvalue weighted by Crippen LogP contribution is 2.12. The lowest BCUT2D eigenvalue weighted by Crippen LogP contribution is -2.38. The third kappa shape index (κ3) is 1.43. The summed E-state index contributed by atoms with van der Waals surface area (Å²) in [5.74, 6) is 0.0531. The molecule has 1 saturated heterocycles. The molecule has 1 heterocycles. The van der Waals surface area contributed by atoms with Gasteiger partial charge in [-0.05, 0) is 13.3 Å². The minimum Gasteiger partial charge on any atom is -0.335 e. The van der Waals surface area contributed by atoms with Crippen molar-refractivity contribution in [2.75, 3.05) is 6.54 Å². The Morgan fingerprint density at radius 2 is 2.55 bits per heavy atom. The van der Waals surface area contributed by atoms with E-state index in [0.717, 1.165) is 13.0 Å². The molecule has 1 amide bonds. The van der Waals surface area contributed by atoms with Crippen molar-refractivity contribution in [1.29, 1.82) is 0 Å². The van der Waals surface area contributed by atoms with Crippen LogP contribution in [0.4, 0.5) is 0 Å². The Morgan fingerprint density at radius 1 is 1.91 bits per heavy atom. The van der Waals surface area contributed by atoms with Gasteiger partial charge in [0.15, 0.2) is 0 Å². The van der Waals surface area contributed by atoms with Gasteiger partial charge in [-0.3, -0.25) is 4.79 Å². The van der Waals surface area contributed by atoms with Crippen molar-refractivity contribution in [2.24, 2.45) is 5.73 Å². The van der Waals surface area contributed by atoms with Crippen LogP contribution >= 0.6 is 0 Å². The summed E-state index contributed by atoms with van der Waals surface area (Å²) < 4.78 is 0. The predicted octanol–water partition coefficient (Wildman–Crippen LogP) is 0.120. The normalized spacial score (nSPS) is 27.3. The number of hydrogen-bond acceptors (Lipinski definition) is 2. The largest absolute Gasteiger partial charge is 0.335 e. The van der Waals surface area contributed by atoms with Gasteiger partial charge in [0, 0.05) is 12.6 Å². The second-order valence-electron chi connectivity index (χ2n) is 2.90. The molecule has 1 aliphatic heterocycles. The van der Waals surface area contributed by atoms with Gasteiger partial charge in [-0.2, -0.15) is 0 Å². The maximum atomic E-state index is 11.3. The van der Waals surface area contributed by atoms with E-state index in [1.54, 1.807) is 11.0 Å². The molecular formula is C8H14N2O. The van der Waals surface area contributed by atoms with E-state index in [9.17, 15) is 4.79 Å². The second kappa shape index (κ2) is 3.05. The Balaban J connectivity index is 2.61. The maximum Gasteiger partial charge on any atom is 0.240 e. The van der Waals surface area contributed by atoms with Crippen LogP contribution in [0.3, 0.4) is 0 Å². The number of carbonyl (C=O) groups excluding carboxylic acids is 1. The number of nitrogens with two attached hydrogens (primary N) is 1. The molecule has 1 fully saturated rings. The van der Waals surface area contributed by atoms with Gasteiger partial charge in [-0.1, -0.05) is 6.08 Å². The minimum atomic E-state index is -0.280. The molecule has 0 spiro atoms. The topological polar surface area (TPSA) is 46.3 Å². The summed E-state index contributed by atoms with van der Waals surface area (Å²) >= 11 is 0. The third-order valence-corrected chi connectivity index (χ3v) is 2.11. The second-order valence-corrected chi connectivity index (χ2v) is 2.90. The average molecular weight is 154 g/mol. The number of likely N-dealkylation sites (tertiary alicyclic amines) is 1. The van der Waals surface area contributed by atoms with Gasteiger partial charge in [0.1, 0.15) is 0 Å². The highest BCUT2D eigenvalue weighted by Gasteiger charge is 2.30. The molecule has 3 nitrogen and oxygen atoms in total. The molecule has 11 heavy (non-hydrogen) atoms. The summed E-state index contributed by atoms with van der Waals surface area (Å²) in [7, 11) is 0. The molecule has 0 aromatic heterocycles. The molecule has 62 valence electrons. The van der Waals surface area contributed by atoms with Crippen LogP contribution in [0.25, 0.3) is 0 Å². The Hall–Kier alpha value is -0.830. The fraction of sp³-hybridized carbons (Fsp3) is 0.625. The molecule has 1 rings (SSSR count). The number of rotatable bonds is 2. The van der Waals surface area contributed by atoms with E-state index in [2.05, 4.69) is 6.58 Å². The molecule has 0 aromatic rings. The van der Waals surface area contributed by atoms with Crippen molar-refractivity contribution in [1.82, 2.24) is 4.90 Å². The van der Waals surface area contributed by atoms with Crippen LogP contribution in [0.1, 0.15) is 13.3 Å². The van der Waals surface area contributed by atoms with Crippen molar-refractivity contribution >= 4 is 5.91 Å². The van der Waals surface area contributed by atoms with E-state index in [1.165, 1.54) is 0 Å². The highest BCUT2D eigenvalue weighted by molar-refractivity contribution is 5.84. The summed E-state index contributed by atoms with van der Waals surface area (Å²) in [6, 6.07) is -0.159. The first-order chi connectivity index (χ1) is 5.16. The first-order valence-corrected chi connectivity index (χ1v) is 3.85. The molecule has 0 aliphatic carbocycles. The van der Waals surface area contributed by atoms with Gasteiger partial charge in [-0.15, -0.1) is 6.58 Å². The Bertz CT molecular complexity index is 179. The van der Waals surface area contributed by atoms with Crippen LogP contribution in [-0.4, -0.2) is 29.4 Å². The van der Waals surface area contributed by atoms with Crippen LogP contribution in [0, 0.1) is 0 Å². The molecule has 0 bridgehead atoms. The number of nitrogens with zero attached hydrogens (tertiary/aromatic N) is 1. The van der Waals surface area contributed by atoms with E-state index < -0.39 is 0 Å². The molecular weight excluding hydrogens is 140 g/mol. The van der Waals surface area contributed by atoms with Crippen molar-refractivity contribution in [3.8, 4) is 0 Å². The van der Waals surface area contributed by atoms with E-state index in [0.29, 0.717) is 0 Å². The summed E-state index contributed by atoms with van der Waals surface area (Å²) in [5, 5.41) is 0. The summed E-state index contributed by atoms with van der Waals surface area (Å²) in [5.41, 5.74) is 5.54. The van der Waals surface area contributed by atoms with Crippen LogP contribution in [0.5, 0.6) is 0 Å². The zero-order valence-corrected chi connectivity index (χ0v) is 6.79. The molecule has 0 saturated carbocycles. The first-order valence-electron chi connectivity index (χ1n) is 3.85. The van der Waals surface area contributed by atoms with Gasteiger partial charge >= 0.3 is 0 Å². The van der Waals surface area contributed by atoms with E-state index in [1.807, 2.05) is 6.92 Å². The standard InChI is InChI=1S/C8H14N2O/c1-3-6(2)10-5-4-7(9)8(10)11/h3,6-7H,1,4-5,9H2,2H3. The molecule has 0 aromatic carbocycles. The van der Waals surface area contributed by atoms with Gasteiger partial charge in [-0.25, -0.2) is 0 Å². The SMILES string of the molecule is C=CC(C)N1CCC(N)C1=O. The lowest BCUT2D eigenvalue weighted by molar-refractivity contribution is -0.129. The quantitative estimate of drug-likeness (QED) is 0.574. The van der Waals surface area contributed by atoms with E-state index >= 15 is 0 Å². The van der Waals surface area contributed by atoms with E-state index in [4.69, 9.17) is 5.73 Å². The first kappa shape index (κ1) is 8.27. The fourth-order valence-corrected chi connectivity index (χ4v) is 1.26. The smallest absolute Gasteiger partial charge is 0.240 e. The minimum absolute atomic E-state index is 0.0531. The number of hydrogen-bond donors (Lipinski definition) is 1. The van der Waals surface area contributed by atoms with Gasteiger partial charge in [0.25, 0.3) is 0 Å². The Labute approximate surface area is 66.9 Å². The molecule has 2 unspecified atom stereocenters. The zero-order valence-electron chi connectivity index (χ0n) is 6.79. The lowest BCUT2D eigenvalue weighted by Gasteiger charge is -2.20. The predicted molar refractivity (Wildman–Crippen MR) is 44.0 cm³/mol. The van der Waals surface area contributed by atoms with Gasteiger partial charge in [0.05, 0.1) is 6.04 Å². The highest BCUT2D eigenvalue weighted by atomic mass is 16.2. The van der Waals surface area contributed by atoms with Gasteiger partial charge < -0.3 is 10.6 Å². The summed E-state index contributed by atoms with van der Waals surface area (Å²) in [4.78, 5) is 13.0. The summed E-state index contributed by atoms with van der Waals surface area (Å²) in [6.45, 7) is 6.35. The van der Waals surface area contributed by atoms with Gasteiger partial charge in [0.2, 0.25) is 5.91 Å². The maximum absolute atomic E-state index is 11.3. The van der Waals surface area contributed by atoms with Crippen molar-refractivity contribution < 1.29 is 4.79 Å². The van der Waals surface area contributed by atoms with E-state index in [-0.39, 0.29) is 18.0 Å². The number of amides is 1. The third-order valence-electron chi connectivity index (χ3n) is 2.11. The van der Waals surface area contributed by atoms with Crippen LogP contribution in [-0.2, 0) is 4.79 Å². The molecule has 2 atom stereocenters. The van der Waals surface area contributed by atoms with Crippen molar-refractivity contribution in [2.45, 2.75) is 25.4 Å². The average Bonchev–Trinajstić information content (AvgIpc) is 2.32. The van der Waals surface area contributed by atoms with Crippen molar-refractivity contribution in [3.63, 3.8) is 0 Å².